The number of halogens is 2. The molecule has 0 bridgehead atoms. The zero-order valence-corrected chi connectivity index (χ0v) is 25.7. The smallest absolute Gasteiger partial charge is 0.248 e. The van der Waals surface area contributed by atoms with E-state index in [-0.39, 0.29) is 0 Å². The van der Waals surface area contributed by atoms with Crippen molar-refractivity contribution < 1.29 is 13.9 Å². The van der Waals surface area contributed by atoms with Crippen molar-refractivity contribution in [3.63, 3.8) is 0 Å². The van der Waals surface area contributed by atoms with Crippen molar-refractivity contribution in [2.45, 2.75) is 58.3 Å². The molecule has 0 atom stereocenters. The third-order valence-electron chi connectivity index (χ3n) is 7.11. The van der Waals surface area contributed by atoms with Gasteiger partial charge in [-0.1, -0.05) is 87.2 Å². The second-order valence-electron chi connectivity index (χ2n) is 10.0. The molecule has 2 aromatic heterocycles. The van der Waals surface area contributed by atoms with E-state index >= 15 is 0 Å². The van der Waals surface area contributed by atoms with Crippen LogP contribution in [0.25, 0.3) is 43.4 Å². The van der Waals surface area contributed by atoms with Crippen LogP contribution < -0.4 is 9.47 Å². The molecule has 0 saturated carbocycles. The number of aromatic nitrogens is 2. The Morgan fingerprint density at radius 2 is 1.29 bits per heavy atom. The molecule has 0 aliphatic heterocycles. The molecule has 0 fully saturated rings. The number of thiophene rings is 1. The van der Waals surface area contributed by atoms with Gasteiger partial charge < -0.3 is 13.9 Å². The Bertz CT molecular complexity index is 1560. The standard InChI is InChI=1S/C33H34Cl2N2O3S/c1-3-4-5-6-7-8-9-10-21-39-27-20-19-26-28(34)30(41-31(26)29(27)35)22-11-13-23(14-12-22)32-36-37-33(40-32)24-15-17-25(38-2)18-16-24/h11-20H,3-10,21H2,1-2H3. The van der Waals surface area contributed by atoms with Crippen molar-refractivity contribution in [1.82, 2.24) is 10.2 Å². The molecule has 5 nitrogen and oxygen atoms in total. The molecule has 0 aliphatic carbocycles. The number of benzene rings is 3. The highest BCUT2D eigenvalue weighted by Crippen LogP contribution is 2.47. The van der Waals surface area contributed by atoms with E-state index in [1.165, 1.54) is 44.9 Å². The highest BCUT2D eigenvalue weighted by Gasteiger charge is 2.18. The van der Waals surface area contributed by atoms with Gasteiger partial charge in [-0.3, -0.25) is 0 Å². The summed E-state index contributed by atoms with van der Waals surface area (Å²) in [7, 11) is 1.63. The maximum atomic E-state index is 6.83. The van der Waals surface area contributed by atoms with Crippen molar-refractivity contribution >= 4 is 44.6 Å². The highest BCUT2D eigenvalue weighted by atomic mass is 35.5. The first-order chi connectivity index (χ1) is 20.1. The van der Waals surface area contributed by atoms with E-state index in [1.54, 1.807) is 18.4 Å². The zero-order valence-electron chi connectivity index (χ0n) is 23.4. The van der Waals surface area contributed by atoms with E-state index in [1.807, 2.05) is 60.7 Å². The molecule has 3 aromatic carbocycles. The van der Waals surface area contributed by atoms with Crippen LogP contribution in [0.4, 0.5) is 0 Å². The normalized spacial score (nSPS) is 11.3. The molecule has 2 heterocycles. The molecule has 5 aromatic rings. The summed E-state index contributed by atoms with van der Waals surface area (Å²) in [5.41, 5.74) is 2.65. The average molecular weight is 610 g/mol. The Hall–Kier alpha value is -3.06. The quantitative estimate of drug-likeness (QED) is 0.117. The van der Waals surface area contributed by atoms with Gasteiger partial charge >= 0.3 is 0 Å². The van der Waals surface area contributed by atoms with E-state index in [0.29, 0.717) is 34.2 Å². The van der Waals surface area contributed by atoms with Crippen molar-refractivity contribution in [3.05, 3.63) is 70.7 Å². The third kappa shape index (κ3) is 7.06. The van der Waals surface area contributed by atoms with Crippen LogP contribution in [0.15, 0.2) is 65.1 Å². The fraction of sp³-hybridized carbons (Fsp3) is 0.333. The van der Waals surface area contributed by atoms with Gasteiger partial charge in [0.15, 0.2) is 0 Å². The molecular weight excluding hydrogens is 575 g/mol. The third-order valence-corrected chi connectivity index (χ3v) is 9.38. The first-order valence-corrected chi connectivity index (χ1v) is 15.8. The molecule has 0 radical (unpaired) electrons. The molecule has 8 heteroatoms. The molecule has 214 valence electrons. The molecule has 41 heavy (non-hydrogen) atoms. The summed E-state index contributed by atoms with van der Waals surface area (Å²) in [6.07, 6.45) is 10.1. The number of hydrogen-bond donors (Lipinski definition) is 0. The Morgan fingerprint density at radius 3 is 1.93 bits per heavy atom. The summed E-state index contributed by atoms with van der Waals surface area (Å²) in [5, 5.41) is 10.7. The van der Waals surface area contributed by atoms with Gasteiger partial charge in [-0.15, -0.1) is 21.5 Å². The van der Waals surface area contributed by atoms with Crippen molar-refractivity contribution in [1.29, 1.82) is 0 Å². The van der Waals surface area contributed by atoms with E-state index in [2.05, 4.69) is 17.1 Å². The number of ether oxygens (including phenoxy) is 2. The monoisotopic (exact) mass is 608 g/mol. The molecule has 0 N–H and O–H groups in total. The molecule has 0 unspecified atom stereocenters. The Morgan fingerprint density at radius 1 is 0.707 bits per heavy atom. The summed E-state index contributed by atoms with van der Waals surface area (Å²) in [5.74, 6) is 2.39. The lowest BCUT2D eigenvalue weighted by Gasteiger charge is -2.08. The van der Waals surface area contributed by atoms with E-state index in [4.69, 9.17) is 37.1 Å². The summed E-state index contributed by atoms with van der Waals surface area (Å²) >= 11 is 15.2. The second kappa shape index (κ2) is 14.2. The summed E-state index contributed by atoms with van der Waals surface area (Å²) in [6.45, 7) is 2.92. The van der Waals surface area contributed by atoms with Crippen LogP contribution in [-0.2, 0) is 0 Å². The van der Waals surface area contributed by atoms with Gasteiger partial charge in [0.1, 0.15) is 16.5 Å². The number of fused-ring (bicyclic) bond motifs is 1. The van der Waals surface area contributed by atoms with E-state index < -0.39 is 0 Å². The molecule has 0 saturated heterocycles. The fourth-order valence-corrected chi connectivity index (χ4v) is 6.65. The lowest BCUT2D eigenvalue weighted by atomic mass is 10.1. The predicted molar refractivity (Wildman–Crippen MR) is 171 cm³/mol. The summed E-state index contributed by atoms with van der Waals surface area (Å²) < 4.78 is 18.1. The minimum atomic E-state index is 0.450. The van der Waals surface area contributed by atoms with Crippen molar-refractivity contribution in [2.75, 3.05) is 13.7 Å². The van der Waals surface area contributed by atoms with Crippen LogP contribution in [0.3, 0.4) is 0 Å². The van der Waals surface area contributed by atoms with Gasteiger partial charge in [-0.2, -0.15) is 0 Å². The maximum Gasteiger partial charge on any atom is 0.248 e. The van der Waals surface area contributed by atoms with Crippen LogP contribution in [0.5, 0.6) is 11.5 Å². The SMILES string of the molecule is CCCCCCCCCCOc1ccc2c(Cl)c(-c3ccc(-c4nnc(-c5ccc(OC)cc5)o4)cc3)sc2c1Cl. The predicted octanol–water partition coefficient (Wildman–Crippen LogP) is 11.1. The van der Waals surface area contributed by atoms with Crippen molar-refractivity contribution in [3.8, 4) is 44.8 Å². The Labute approximate surface area is 255 Å². The second-order valence-corrected chi connectivity index (χ2v) is 11.8. The van der Waals surface area contributed by atoms with Gasteiger partial charge in [-0.05, 0) is 60.5 Å². The lowest BCUT2D eigenvalue weighted by molar-refractivity contribution is 0.305. The van der Waals surface area contributed by atoms with Gasteiger partial charge in [0.25, 0.3) is 0 Å². The van der Waals surface area contributed by atoms with Crippen molar-refractivity contribution in [2.24, 2.45) is 0 Å². The largest absolute Gasteiger partial charge is 0.497 e. The van der Waals surface area contributed by atoms with E-state index in [9.17, 15) is 0 Å². The maximum absolute atomic E-state index is 6.83. The average Bonchev–Trinajstić information content (AvgIpc) is 3.63. The highest BCUT2D eigenvalue weighted by molar-refractivity contribution is 7.23. The Kier molecular flexibility index (Phi) is 10.2. The minimum Gasteiger partial charge on any atom is -0.497 e. The number of rotatable bonds is 14. The lowest BCUT2D eigenvalue weighted by Crippen LogP contribution is -1.97. The summed E-state index contributed by atoms with van der Waals surface area (Å²) in [4.78, 5) is 0.958. The molecule has 0 aliphatic rings. The first kappa shape index (κ1) is 29.4. The van der Waals surface area contributed by atoms with Crippen LogP contribution in [0.1, 0.15) is 58.3 Å². The number of methoxy groups -OCH3 is 1. The van der Waals surface area contributed by atoms with Gasteiger partial charge in [0.2, 0.25) is 11.8 Å². The topological polar surface area (TPSA) is 57.4 Å². The van der Waals surface area contributed by atoms with Crippen LogP contribution in [0.2, 0.25) is 10.0 Å². The number of hydrogen-bond acceptors (Lipinski definition) is 6. The number of unbranched alkanes of at least 4 members (excludes halogenated alkanes) is 7. The van der Waals surface area contributed by atoms with Gasteiger partial charge in [0.05, 0.1) is 28.3 Å². The zero-order chi connectivity index (χ0) is 28.6. The van der Waals surface area contributed by atoms with Gasteiger partial charge in [0, 0.05) is 16.5 Å². The Balaban J connectivity index is 1.23. The molecule has 0 spiro atoms. The first-order valence-electron chi connectivity index (χ1n) is 14.2. The van der Waals surface area contributed by atoms with Gasteiger partial charge in [-0.25, -0.2) is 0 Å². The van der Waals surface area contributed by atoms with Crippen LogP contribution >= 0.6 is 34.5 Å². The minimum absolute atomic E-state index is 0.450. The van der Waals surface area contributed by atoms with Crippen LogP contribution in [0, 0.1) is 0 Å². The van der Waals surface area contributed by atoms with Crippen LogP contribution in [-0.4, -0.2) is 23.9 Å². The number of nitrogens with zero attached hydrogens (tertiary/aromatic N) is 2. The van der Waals surface area contributed by atoms with E-state index in [0.717, 1.165) is 43.8 Å². The molecular formula is C33H34Cl2N2O3S. The fourth-order valence-electron chi connectivity index (χ4n) is 4.75. The molecule has 0 amide bonds. The summed E-state index contributed by atoms with van der Waals surface area (Å²) in [6, 6.07) is 19.4. The molecule has 5 rings (SSSR count).